The number of nitrogens with two attached hydrogens (primary N) is 1. The predicted octanol–water partition coefficient (Wildman–Crippen LogP) is 4.07. The van der Waals surface area contributed by atoms with Crippen LogP contribution in [0.5, 0.6) is 0 Å². The Morgan fingerprint density at radius 2 is 1.57 bits per heavy atom. The van der Waals surface area contributed by atoms with Crippen molar-refractivity contribution in [3.63, 3.8) is 0 Å². The van der Waals surface area contributed by atoms with Crippen molar-refractivity contribution in [2.24, 2.45) is 5.84 Å². The highest BCUT2D eigenvalue weighted by Gasteiger charge is 2.20. The van der Waals surface area contributed by atoms with Gasteiger partial charge in [0, 0.05) is 0 Å². The lowest BCUT2D eigenvalue weighted by molar-refractivity contribution is 0.419. The average molecular weight is 280 g/mol. The molecule has 1 aliphatic rings. The first-order valence-corrected chi connectivity index (χ1v) is 7.96. The van der Waals surface area contributed by atoms with Gasteiger partial charge in [-0.05, 0) is 47.4 Å². The molecule has 0 radical (unpaired) electrons. The molecule has 0 saturated heterocycles. The fourth-order valence-electron chi connectivity index (χ4n) is 3.03. The van der Waals surface area contributed by atoms with E-state index in [4.69, 9.17) is 5.84 Å². The summed E-state index contributed by atoms with van der Waals surface area (Å²) < 4.78 is 0. The van der Waals surface area contributed by atoms with Crippen LogP contribution in [0, 0.1) is 0 Å². The monoisotopic (exact) mass is 280 g/mol. The Balaban J connectivity index is 1.81. The van der Waals surface area contributed by atoms with Crippen LogP contribution in [-0.4, -0.2) is 0 Å². The predicted molar refractivity (Wildman–Crippen MR) is 88.0 cm³/mol. The summed E-state index contributed by atoms with van der Waals surface area (Å²) in [4.78, 5) is 0. The Labute approximate surface area is 127 Å². The van der Waals surface area contributed by atoms with Crippen LogP contribution in [0.2, 0.25) is 0 Å². The third kappa shape index (κ3) is 3.02. The van der Waals surface area contributed by atoms with Gasteiger partial charge in [0.25, 0.3) is 0 Å². The molecule has 1 aliphatic carbocycles. The zero-order valence-corrected chi connectivity index (χ0v) is 12.7. The van der Waals surface area contributed by atoms with Gasteiger partial charge in [-0.25, -0.2) is 5.43 Å². The summed E-state index contributed by atoms with van der Waals surface area (Å²) in [6.45, 7) is 2.17. The van der Waals surface area contributed by atoms with Gasteiger partial charge in [0.15, 0.2) is 0 Å². The molecule has 3 N–H and O–H groups in total. The van der Waals surface area contributed by atoms with Crippen molar-refractivity contribution in [1.82, 2.24) is 5.43 Å². The van der Waals surface area contributed by atoms with Crippen molar-refractivity contribution in [3.8, 4) is 0 Å². The number of benzene rings is 2. The molecule has 2 aromatic rings. The normalized spacial score (nSPS) is 16.5. The van der Waals surface area contributed by atoms with Crippen LogP contribution in [0.4, 0.5) is 0 Å². The molecular weight excluding hydrogens is 256 g/mol. The summed E-state index contributed by atoms with van der Waals surface area (Å²) in [5.41, 5.74) is 8.22. The van der Waals surface area contributed by atoms with Crippen molar-refractivity contribution in [1.29, 1.82) is 0 Å². The summed E-state index contributed by atoms with van der Waals surface area (Å²) in [5.74, 6) is 6.58. The summed E-state index contributed by atoms with van der Waals surface area (Å²) >= 11 is 0. The smallest absolute Gasteiger partial charge is 0.0710 e. The maximum absolute atomic E-state index is 5.79. The van der Waals surface area contributed by atoms with Crippen LogP contribution in [-0.2, 0) is 6.42 Å². The first kappa shape index (κ1) is 14.3. The molecule has 0 heterocycles. The molecule has 0 aromatic heterocycles. The van der Waals surface area contributed by atoms with E-state index in [0.717, 1.165) is 12.3 Å². The Morgan fingerprint density at radius 1 is 1.00 bits per heavy atom. The fraction of sp³-hybridized carbons (Fsp3) is 0.368. The second kappa shape index (κ2) is 6.42. The largest absolute Gasteiger partial charge is 0.271 e. The van der Waals surface area contributed by atoms with E-state index in [1.165, 1.54) is 41.5 Å². The van der Waals surface area contributed by atoms with Crippen LogP contribution in [0.15, 0.2) is 48.5 Å². The maximum Gasteiger partial charge on any atom is 0.0710 e. The van der Waals surface area contributed by atoms with E-state index in [9.17, 15) is 0 Å². The minimum atomic E-state index is 0.0614. The van der Waals surface area contributed by atoms with Gasteiger partial charge in [0.2, 0.25) is 0 Å². The second-order valence-electron chi connectivity index (χ2n) is 5.99. The zero-order valence-electron chi connectivity index (χ0n) is 12.7. The third-order valence-corrected chi connectivity index (χ3v) is 4.73. The molecule has 1 saturated carbocycles. The van der Waals surface area contributed by atoms with E-state index in [1.807, 2.05) is 0 Å². The minimum Gasteiger partial charge on any atom is -0.271 e. The molecule has 3 rings (SSSR count). The molecule has 0 aliphatic heterocycles. The van der Waals surface area contributed by atoms with Crippen LogP contribution in [0.25, 0.3) is 0 Å². The molecule has 0 bridgehead atoms. The Hall–Kier alpha value is -1.64. The third-order valence-electron chi connectivity index (χ3n) is 4.73. The standard InChI is InChI=1S/C19H24N2/c1-2-14-6-8-17(9-7-14)19(21-20)18-12-10-16(11-13-18)15-4-3-5-15/h6-13,15,19,21H,2-5,20H2,1H3. The molecule has 21 heavy (non-hydrogen) atoms. The first-order valence-electron chi connectivity index (χ1n) is 7.96. The van der Waals surface area contributed by atoms with Crippen LogP contribution < -0.4 is 11.3 Å². The zero-order chi connectivity index (χ0) is 14.7. The first-order chi connectivity index (χ1) is 10.3. The van der Waals surface area contributed by atoms with Crippen molar-refractivity contribution < 1.29 is 0 Å². The highest BCUT2D eigenvalue weighted by Crippen LogP contribution is 2.36. The van der Waals surface area contributed by atoms with Gasteiger partial charge in [-0.1, -0.05) is 61.9 Å². The van der Waals surface area contributed by atoms with Gasteiger partial charge in [-0.2, -0.15) is 0 Å². The van der Waals surface area contributed by atoms with Gasteiger partial charge >= 0.3 is 0 Å². The Bertz CT molecular complexity index is 568. The lowest BCUT2D eigenvalue weighted by Gasteiger charge is -2.26. The highest BCUT2D eigenvalue weighted by molar-refractivity contribution is 5.36. The molecule has 2 aromatic carbocycles. The lowest BCUT2D eigenvalue weighted by atomic mass is 9.79. The van der Waals surface area contributed by atoms with Crippen molar-refractivity contribution in [2.75, 3.05) is 0 Å². The van der Waals surface area contributed by atoms with E-state index in [-0.39, 0.29) is 6.04 Å². The molecule has 2 nitrogen and oxygen atoms in total. The molecule has 110 valence electrons. The highest BCUT2D eigenvalue weighted by atomic mass is 15.2. The second-order valence-corrected chi connectivity index (χ2v) is 5.99. The number of rotatable bonds is 5. The molecule has 0 amide bonds. The summed E-state index contributed by atoms with van der Waals surface area (Å²) in [6.07, 6.45) is 5.13. The van der Waals surface area contributed by atoms with E-state index < -0.39 is 0 Å². The van der Waals surface area contributed by atoms with Gasteiger partial charge in [0.05, 0.1) is 6.04 Å². The van der Waals surface area contributed by atoms with E-state index >= 15 is 0 Å². The van der Waals surface area contributed by atoms with Crippen molar-refractivity contribution in [2.45, 2.75) is 44.6 Å². The Morgan fingerprint density at radius 3 is 2.00 bits per heavy atom. The topological polar surface area (TPSA) is 38.0 Å². The van der Waals surface area contributed by atoms with Crippen molar-refractivity contribution in [3.05, 3.63) is 70.8 Å². The minimum absolute atomic E-state index is 0.0614. The van der Waals surface area contributed by atoms with E-state index in [1.54, 1.807) is 0 Å². The number of nitrogens with one attached hydrogen (secondary N) is 1. The lowest BCUT2D eigenvalue weighted by Crippen LogP contribution is -2.28. The number of aryl methyl sites for hydroxylation is 1. The number of hydrogen-bond donors (Lipinski definition) is 2. The van der Waals surface area contributed by atoms with Gasteiger partial charge < -0.3 is 0 Å². The van der Waals surface area contributed by atoms with Crippen LogP contribution in [0.1, 0.15) is 60.4 Å². The molecular formula is C19H24N2. The quantitative estimate of drug-likeness (QED) is 0.640. The molecule has 0 spiro atoms. The van der Waals surface area contributed by atoms with E-state index in [2.05, 4.69) is 60.9 Å². The molecule has 1 unspecified atom stereocenters. The van der Waals surface area contributed by atoms with Gasteiger partial charge in [-0.15, -0.1) is 0 Å². The number of hydrazine groups is 1. The van der Waals surface area contributed by atoms with Gasteiger partial charge in [-0.3, -0.25) is 5.84 Å². The fourth-order valence-corrected chi connectivity index (χ4v) is 3.03. The SMILES string of the molecule is CCc1ccc(C(NN)c2ccc(C3CCC3)cc2)cc1. The summed E-state index contributed by atoms with van der Waals surface area (Å²) in [5, 5.41) is 0. The Kier molecular flexibility index (Phi) is 4.37. The van der Waals surface area contributed by atoms with Crippen LogP contribution in [0.3, 0.4) is 0 Å². The summed E-state index contributed by atoms with van der Waals surface area (Å²) in [7, 11) is 0. The maximum atomic E-state index is 5.79. The summed E-state index contributed by atoms with van der Waals surface area (Å²) in [6, 6.07) is 17.7. The molecule has 2 heteroatoms. The van der Waals surface area contributed by atoms with Gasteiger partial charge in [0.1, 0.15) is 0 Å². The van der Waals surface area contributed by atoms with Crippen LogP contribution >= 0.6 is 0 Å². The average Bonchev–Trinajstić information content (AvgIpc) is 2.49. The molecule has 1 atom stereocenters. The molecule has 1 fully saturated rings. The van der Waals surface area contributed by atoms with E-state index in [0.29, 0.717) is 0 Å². The number of hydrogen-bond acceptors (Lipinski definition) is 2. The van der Waals surface area contributed by atoms with Crippen molar-refractivity contribution >= 4 is 0 Å².